The summed E-state index contributed by atoms with van der Waals surface area (Å²) in [5.41, 5.74) is 3.05. The van der Waals surface area contributed by atoms with E-state index >= 15 is 0 Å². The highest BCUT2D eigenvalue weighted by Gasteiger charge is 2.21. The van der Waals surface area contributed by atoms with Crippen LogP contribution in [0, 0.1) is 0 Å². The normalized spacial score (nSPS) is 18.3. The third-order valence-corrected chi connectivity index (χ3v) is 5.35. The number of anilines is 1. The second-order valence-corrected chi connectivity index (χ2v) is 7.15. The molecular formula is C21H26N4O. The summed E-state index contributed by atoms with van der Waals surface area (Å²) >= 11 is 0. The Bertz CT molecular complexity index is 717. The van der Waals surface area contributed by atoms with Crippen molar-refractivity contribution in [2.24, 2.45) is 0 Å². The summed E-state index contributed by atoms with van der Waals surface area (Å²) in [7, 11) is 0. The number of pyridine rings is 1. The summed E-state index contributed by atoms with van der Waals surface area (Å²) in [6, 6.07) is 14.6. The number of rotatable bonds is 4. The van der Waals surface area contributed by atoms with Crippen LogP contribution < -0.4 is 4.90 Å². The second kappa shape index (κ2) is 7.87. The molecule has 5 heteroatoms. The van der Waals surface area contributed by atoms with E-state index in [0.717, 1.165) is 64.3 Å². The van der Waals surface area contributed by atoms with Crippen LogP contribution in [0.2, 0.25) is 0 Å². The minimum absolute atomic E-state index is 0.0710. The van der Waals surface area contributed by atoms with Crippen LogP contribution in [-0.4, -0.2) is 60.0 Å². The average Bonchev–Trinajstić information content (AvgIpc) is 3.24. The molecule has 4 rings (SSSR count). The van der Waals surface area contributed by atoms with Crippen LogP contribution in [0.15, 0.2) is 48.7 Å². The Morgan fingerprint density at radius 3 is 2.27 bits per heavy atom. The molecule has 1 aromatic heterocycles. The Kier molecular flexibility index (Phi) is 5.16. The first kappa shape index (κ1) is 17.0. The first-order valence-corrected chi connectivity index (χ1v) is 9.56. The molecule has 2 aliphatic rings. The van der Waals surface area contributed by atoms with E-state index in [1.165, 1.54) is 5.56 Å². The maximum atomic E-state index is 12.4. The third-order valence-electron chi connectivity index (χ3n) is 5.35. The summed E-state index contributed by atoms with van der Waals surface area (Å²) < 4.78 is 0. The van der Waals surface area contributed by atoms with Crippen LogP contribution in [0.3, 0.4) is 0 Å². The van der Waals surface area contributed by atoms with Crippen molar-refractivity contribution in [3.05, 3.63) is 59.9 Å². The van der Waals surface area contributed by atoms with Crippen molar-refractivity contribution >= 4 is 11.6 Å². The van der Waals surface area contributed by atoms with Gasteiger partial charge in [-0.1, -0.05) is 30.3 Å². The fourth-order valence-corrected chi connectivity index (χ4v) is 3.79. The monoisotopic (exact) mass is 350 g/mol. The van der Waals surface area contributed by atoms with Gasteiger partial charge in [0.05, 0.1) is 11.9 Å². The highest BCUT2D eigenvalue weighted by Crippen LogP contribution is 2.18. The van der Waals surface area contributed by atoms with Crippen molar-refractivity contribution in [1.29, 1.82) is 0 Å². The van der Waals surface area contributed by atoms with Crippen molar-refractivity contribution in [2.45, 2.75) is 19.4 Å². The van der Waals surface area contributed by atoms with Crippen molar-refractivity contribution in [3.8, 4) is 0 Å². The highest BCUT2D eigenvalue weighted by molar-refractivity contribution is 5.92. The number of likely N-dealkylation sites (tertiary alicyclic amines) is 1. The molecule has 2 saturated heterocycles. The van der Waals surface area contributed by atoms with Crippen LogP contribution in [0.4, 0.5) is 5.69 Å². The molecule has 0 spiro atoms. The van der Waals surface area contributed by atoms with E-state index in [2.05, 4.69) is 45.1 Å². The van der Waals surface area contributed by atoms with Crippen molar-refractivity contribution < 1.29 is 4.79 Å². The number of amides is 1. The number of piperazine rings is 1. The Morgan fingerprint density at radius 2 is 1.62 bits per heavy atom. The van der Waals surface area contributed by atoms with E-state index in [9.17, 15) is 4.79 Å². The topological polar surface area (TPSA) is 39.7 Å². The van der Waals surface area contributed by atoms with Gasteiger partial charge in [0.15, 0.2) is 0 Å². The van der Waals surface area contributed by atoms with Gasteiger partial charge in [-0.15, -0.1) is 0 Å². The molecule has 3 heterocycles. The molecule has 0 bridgehead atoms. The maximum Gasteiger partial charge on any atom is 0.272 e. The van der Waals surface area contributed by atoms with Crippen LogP contribution in [-0.2, 0) is 6.54 Å². The van der Waals surface area contributed by atoms with Gasteiger partial charge in [0.25, 0.3) is 5.91 Å². The Morgan fingerprint density at radius 1 is 0.885 bits per heavy atom. The molecule has 0 N–H and O–H groups in total. The molecule has 0 unspecified atom stereocenters. The van der Waals surface area contributed by atoms with Gasteiger partial charge in [-0.25, -0.2) is 4.98 Å². The average molecular weight is 350 g/mol. The Balaban J connectivity index is 1.32. The van der Waals surface area contributed by atoms with Crippen LogP contribution >= 0.6 is 0 Å². The molecule has 1 aromatic carbocycles. The predicted molar refractivity (Wildman–Crippen MR) is 103 cm³/mol. The smallest absolute Gasteiger partial charge is 0.272 e. The fourth-order valence-electron chi connectivity index (χ4n) is 3.79. The van der Waals surface area contributed by atoms with Gasteiger partial charge < -0.3 is 9.80 Å². The number of nitrogens with zero attached hydrogens (tertiary/aromatic N) is 4. The third kappa shape index (κ3) is 3.88. The predicted octanol–water partition coefficient (Wildman–Crippen LogP) is 2.64. The van der Waals surface area contributed by atoms with Crippen molar-refractivity contribution in [2.75, 3.05) is 44.2 Å². The quantitative estimate of drug-likeness (QED) is 0.850. The number of aromatic nitrogens is 1. The molecule has 2 aromatic rings. The standard InChI is InChI=1S/C21H26N4O/c26-21(25-10-4-5-11-25)20-9-8-19(16-22-20)24-14-12-23(13-15-24)17-18-6-2-1-3-7-18/h1-3,6-9,16H,4-5,10-15,17H2. The first-order valence-electron chi connectivity index (χ1n) is 9.56. The molecule has 1 amide bonds. The van der Waals surface area contributed by atoms with Crippen LogP contribution in [0.5, 0.6) is 0 Å². The number of carbonyl (C=O) groups is 1. The maximum absolute atomic E-state index is 12.4. The van der Waals surface area contributed by atoms with Crippen molar-refractivity contribution in [1.82, 2.24) is 14.8 Å². The van der Waals surface area contributed by atoms with E-state index < -0.39 is 0 Å². The number of benzene rings is 1. The summed E-state index contributed by atoms with van der Waals surface area (Å²) in [6.07, 6.45) is 4.07. The number of hydrogen-bond acceptors (Lipinski definition) is 4. The second-order valence-electron chi connectivity index (χ2n) is 7.15. The van der Waals surface area contributed by atoms with E-state index in [-0.39, 0.29) is 5.91 Å². The minimum Gasteiger partial charge on any atom is -0.368 e. The van der Waals surface area contributed by atoms with Gasteiger partial charge in [0, 0.05) is 45.8 Å². The van der Waals surface area contributed by atoms with Crippen molar-refractivity contribution in [3.63, 3.8) is 0 Å². The lowest BCUT2D eigenvalue weighted by Crippen LogP contribution is -2.46. The van der Waals surface area contributed by atoms with E-state index in [0.29, 0.717) is 5.69 Å². The zero-order valence-corrected chi connectivity index (χ0v) is 15.2. The molecule has 2 aliphatic heterocycles. The molecule has 136 valence electrons. The molecule has 5 nitrogen and oxygen atoms in total. The van der Waals surface area contributed by atoms with Crippen LogP contribution in [0.1, 0.15) is 28.9 Å². The number of carbonyl (C=O) groups excluding carboxylic acids is 1. The summed E-state index contributed by atoms with van der Waals surface area (Å²) in [5, 5.41) is 0. The Labute approximate surface area is 155 Å². The summed E-state index contributed by atoms with van der Waals surface area (Å²) in [5.74, 6) is 0.0710. The molecule has 0 aliphatic carbocycles. The molecule has 0 saturated carbocycles. The van der Waals surface area contributed by atoms with Gasteiger partial charge in [0.1, 0.15) is 5.69 Å². The summed E-state index contributed by atoms with van der Waals surface area (Å²) in [4.78, 5) is 23.6. The van der Waals surface area contributed by atoms with Gasteiger partial charge in [0.2, 0.25) is 0 Å². The lowest BCUT2D eigenvalue weighted by atomic mass is 10.2. The Hall–Kier alpha value is -2.40. The van der Waals surface area contributed by atoms with E-state index in [1.54, 1.807) is 0 Å². The first-order chi connectivity index (χ1) is 12.8. The van der Waals surface area contributed by atoms with Gasteiger partial charge in [-0.05, 0) is 30.5 Å². The lowest BCUT2D eigenvalue weighted by molar-refractivity contribution is 0.0787. The largest absolute Gasteiger partial charge is 0.368 e. The zero-order valence-electron chi connectivity index (χ0n) is 15.2. The summed E-state index contributed by atoms with van der Waals surface area (Å²) in [6.45, 7) is 6.82. The molecule has 2 fully saturated rings. The molecular weight excluding hydrogens is 324 g/mol. The van der Waals surface area contributed by atoms with Gasteiger partial charge in [-0.2, -0.15) is 0 Å². The fraction of sp³-hybridized carbons (Fsp3) is 0.429. The lowest BCUT2D eigenvalue weighted by Gasteiger charge is -2.36. The number of hydrogen-bond donors (Lipinski definition) is 0. The van der Waals surface area contributed by atoms with E-state index in [4.69, 9.17) is 0 Å². The SMILES string of the molecule is O=C(c1ccc(N2CCN(Cc3ccccc3)CC2)cn1)N1CCCC1. The van der Waals surface area contributed by atoms with Gasteiger partial charge in [-0.3, -0.25) is 9.69 Å². The van der Waals surface area contributed by atoms with Crippen LogP contribution in [0.25, 0.3) is 0 Å². The zero-order chi connectivity index (χ0) is 17.8. The molecule has 0 atom stereocenters. The van der Waals surface area contributed by atoms with E-state index in [1.807, 2.05) is 23.2 Å². The highest BCUT2D eigenvalue weighted by atomic mass is 16.2. The minimum atomic E-state index is 0.0710. The molecule has 26 heavy (non-hydrogen) atoms. The van der Waals surface area contributed by atoms with Gasteiger partial charge >= 0.3 is 0 Å². The molecule has 0 radical (unpaired) electrons.